The summed E-state index contributed by atoms with van der Waals surface area (Å²) in [5.41, 5.74) is 0. The van der Waals surface area contributed by atoms with Crippen molar-refractivity contribution in [3.05, 3.63) is 20.8 Å². The van der Waals surface area contributed by atoms with Crippen LogP contribution in [0.15, 0.2) is 15.9 Å². The van der Waals surface area contributed by atoms with Gasteiger partial charge in [0.2, 0.25) is 0 Å². The monoisotopic (exact) mass is 369 g/mol. The van der Waals surface area contributed by atoms with Crippen LogP contribution >= 0.6 is 27.3 Å². The van der Waals surface area contributed by atoms with Crippen LogP contribution in [0.2, 0.25) is 0 Å². The maximum atomic E-state index is 3.80. The van der Waals surface area contributed by atoms with E-state index in [0.717, 1.165) is 24.3 Å². The van der Waals surface area contributed by atoms with E-state index in [1.165, 1.54) is 60.0 Å². The molecule has 2 saturated carbocycles. The standard InChI is InChI=1S/C18H28BrNS/c1-2-20-17(12-16-9-10-18(19)21-16)15-8-7-13-5-3-4-6-14(13)11-15/h9-10,13-15,17,20H,2-8,11-12H2,1H3. The van der Waals surface area contributed by atoms with Gasteiger partial charge in [0.1, 0.15) is 0 Å². The molecule has 4 atom stereocenters. The minimum atomic E-state index is 0.684. The van der Waals surface area contributed by atoms with Gasteiger partial charge in [-0.15, -0.1) is 11.3 Å². The summed E-state index contributed by atoms with van der Waals surface area (Å²) in [6.45, 7) is 3.35. The van der Waals surface area contributed by atoms with Crippen molar-refractivity contribution in [3.63, 3.8) is 0 Å². The van der Waals surface area contributed by atoms with E-state index in [4.69, 9.17) is 0 Å². The Balaban J connectivity index is 1.63. The third-order valence-corrected chi connectivity index (χ3v) is 7.31. The maximum Gasteiger partial charge on any atom is 0.0701 e. The molecule has 4 unspecified atom stereocenters. The van der Waals surface area contributed by atoms with Crippen LogP contribution in [0.5, 0.6) is 0 Å². The first-order valence-electron chi connectivity index (χ1n) is 8.74. The Labute approximate surface area is 142 Å². The number of halogens is 1. The Kier molecular flexibility index (Phi) is 5.80. The van der Waals surface area contributed by atoms with Gasteiger partial charge in [-0.2, -0.15) is 0 Å². The number of likely N-dealkylation sites (N-methyl/N-ethyl adjacent to an activating group) is 1. The minimum Gasteiger partial charge on any atom is -0.314 e. The van der Waals surface area contributed by atoms with Crippen LogP contribution in [-0.2, 0) is 6.42 Å². The third-order valence-electron chi connectivity index (χ3n) is 5.67. The highest BCUT2D eigenvalue weighted by Crippen LogP contribution is 2.44. The highest BCUT2D eigenvalue weighted by Gasteiger charge is 2.35. The molecule has 1 N–H and O–H groups in total. The average Bonchev–Trinajstić information content (AvgIpc) is 2.91. The lowest BCUT2D eigenvalue weighted by Crippen LogP contribution is -2.42. The molecule has 0 amide bonds. The molecule has 1 heterocycles. The molecule has 3 rings (SSSR count). The fraction of sp³-hybridized carbons (Fsp3) is 0.778. The topological polar surface area (TPSA) is 12.0 Å². The number of thiophene rings is 1. The van der Waals surface area contributed by atoms with E-state index in [2.05, 4.69) is 40.3 Å². The second kappa shape index (κ2) is 7.61. The van der Waals surface area contributed by atoms with Crippen molar-refractivity contribution in [1.29, 1.82) is 0 Å². The third kappa shape index (κ3) is 4.11. The molecule has 0 radical (unpaired) electrons. The molecule has 0 saturated heterocycles. The summed E-state index contributed by atoms with van der Waals surface area (Å²) in [4.78, 5) is 1.53. The summed E-state index contributed by atoms with van der Waals surface area (Å²) >= 11 is 5.51. The van der Waals surface area contributed by atoms with E-state index in [-0.39, 0.29) is 0 Å². The van der Waals surface area contributed by atoms with Crippen LogP contribution in [0.25, 0.3) is 0 Å². The van der Waals surface area contributed by atoms with Gasteiger partial charge in [0.05, 0.1) is 3.79 Å². The molecule has 2 fully saturated rings. The zero-order chi connectivity index (χ0) is 14.7. The Morgan fingerprint density at radius 3 is 2.71 bits per heavy atom. The minimum absolute atomic E-state index is 0.684. The van der Waals surface area contributed by atoms with Crippen LogP contribution in [0.3, 0.4) is 0 Å². The highest BCUT2D eigenvalue weighted by atomic mass is 79.9. The number of hydrogen-bond acceptors (Lipinski definition) is 2. The van der Waals surface area contributed by atoms with Crippen molar-refractivity contribution >= 4 is 27.3 Å². The Morgan fingerprint density at radius 1 is 1.19 bits per heavy atom. The van der Waals surface area contributed by atoms with Crippen molar-refractivity contribution < 1.29 is 0 Å². The zero-order valence-electron chi connectivity index (χ0n) is 13.1. The molecule has 1 aromatic rings. The molecule has 0 aliphatic heterocycles. The predicted molar refractivity (Wildman–Crippen MR) is 96.0 cm³/mol. The largest absolute Gasteiger partial charge is 0.314 e. The van der Waals surface area contributed by atoms with Crippen molar-refractivity contribution in [2.75, 3.05) is 6.54 Å². The lowest BCUT2D eigenvalue weighted by Gasteiger charge is -2.42. The molecule has 0 spiro atoms. The Hall–Kier alpha value is 0.140. The number of hydrogen-bond donors (Lipinski definition) is 1. The summed E-state index contributed by atoms with van der Waals surface area (Å²) in [5.74, 6) is 2.99. The molecule has 3 heteroatoms. The molecule has 21 heavy (non-hydrogen) atoms. The van der Waals surface area contributed by atoms with E-state index in [0.29, 0.717) is 6.04 Å². The van der Waals surface area contributed by atoms with Gasteiger partial charge in [0, 0.05) is 10.9 Å². The molecule has 0 bridgehead atoms. The quantitative estimate of drug-likeness (QED) is 0.707. The first-order chi connectivity index (χ1) is 10.3. The fourth-order valence-electron chi connectivity index (χ4n) is 4.62. The Morgan fingerprint density at radius 2 is 2.00 bits per heavy atom. The first-order valence-corrected chi connectivity index (χ1v) is 10.3. The average molecular weight is 370 g/mol. The van der Waals surface area contributed by atoms with Gasteiger partial charge in [0.25, 0.3) is 0 Å². The van der Waals surface area contributed by atoms with E-state index < -0.39 is 0 Å². The lowest BCUT2D eigenvalue weighted by atomic mass is 9.66. The molecule has 0 aromatic carbocycles. The van der Waals surface area contributed by atoms with E-state index >= 15 is 0 Å². The van der Waals surface area contributed by atoms with Gasteiger partial charge in [-0.3, -0.25) is 0 Å². The van der Waals surface area contributed by atoms with Gasteiger partial charge >= 0.3 is 0 Å². The second-order valence-electron chi connectivity index (χ2n) is 6.95. The molecular weight excluding hydrogens is 342 g/mol. The second-order valence-corrected chi connectivity index (χ2v) is 9.50. The summed E-state index contributed by atoms with van der Waals surface area (Å²) in [6.07, 6.45) is 11.6. The maximum absolute atomic E-state index is 3.80. The van der Waals surface area contributed by atoms with Crippen LogP contribution in [0, 0.1) is 17.8 Å². The lowest BCUT2D eigenvalue weighted by molar-refractivity contribution is 0.110. The van der Waals surface area contributed by atoms with Crippen LogP contribution in [0.4, 0.5) is 0 Å². The summed E-state index contributed by atoms with van der Waals surface area (Å²) < 4.78 is 1.27. The Bertz CT molecular complexity index is 444. The number of fused-ring (bicyclic) bond motifs is 1. The highest BCUT2D eigenvalue weighted by molar-refractivity contribution is 9.11. The van der Waals surface area contributed by atoms with Crippen LogP contribution in [0.1, 0.15) is 56.7 Å². The van der Waals surface area contributed by atoms with Gasteiger partial charge in [-0.05, 0) is 78.0 Å². The number of nitrogens with one attached hydrogen (secondary N) is 1. The van der Waals surface area contributed by atoms with Crippen molar-refractivity contribution in [2.45, 2.75) is 64.3 Å². The molecule has 1 nitrogen and oxygen atoms in total. The molecule has 2 aliphatic rings. The smallest absolute Gasteiger partial charge is 0.0701 e. The first kappa shape index (κ1) is 16.0. The van der Waals surface area contributed by atoms with Crippen LogP contribution in [-0.4, -0.2) is 12.6 Å². The van der Waals surface area contributed by atoms with Gasteiger partial charge in [-0.1, -0.05) is 32.6 Å². The van der Waals surface area contributed by atoms with E-state index in [1.807, 2.05) is 11.3 Å². The van der Waals surface area contributed by atoms with Crippen molar-refractivity contribution in [1.82, 2.24) is 5.32 Å². The molecular formula is C18H28BrNS. The number of rotatable bonds is 5. The summed E-state index contributed by atoms with van der Waals surface area (Å²) in [7, 11) is 0. The fourth-order valence-corrected chi connectivity index (χ4v) is 6.16. The normalized spacial score (nSPS) is 30.9. The molecule has 118 valence electrons. The van der Waals surface area contributed by atoms with Gasteiger partial charge in [0.15, 0.2) is 0 Å². The van der Waals surface area contributed by atoms with Gasteiger partial charge < -0.3 is 5.32 Å². The molecule has 1 aromatic heterocycles. The summed E-state index contributed by atoms with van der Waals surface area (Å²) in [5, 5.41) is 3.80. The zero-order valence-corrected chi connectivity index (χ0v) is 15.5. The van der Waals surface area contributed by atoms with Crippen molar-refractivity contribution in [3.8, 4) is 0 Å². The van der Waals surface area contributed by atoms with E-state index in [9.17, 15) is 0 Å². The molecule has 2 aliphatic carbocycles. The van der Waals surface area contributed by atoms with Crippen LogP contribution < -0.4 is 5.32 Å². The SMILES string of the molecule is CCNC(Cc1ccc(Br)s1)C1CCC2CCCCC2C1. The predicted octanol–water partition coefficient (Wildman–Crippen LogP) is 5.64. The van der Waals surface area contributed by atoms with Crippen molar-refractivity contribution in [2.24, 2.45) is 17.8 Å². The van der Waals surface area contributed by atoms with E-state index in [1.54, 1.807) is 0 Å². The van der Waals surface area contributed by atoms with Gasteiger partial charge in [-0.25, -0.2) is 0 Å². The summed E-state index contributed by atoms with van der Waals surface area (Å²) in [6, 6.07) is 5.18.